The zero-order valence-electron chi connectivity index (χ0n) is 16.4. The highest BCUT2D eigenvalue weighted by Gasteiger charge is 2.24. The number of ether oxygens (including phenoxy) is 1. The third kappa shape index (κ3) is 5.33. The van der Waals surface area contributed by atoms with Gasteiger partial charge in [0.2, 0.25) is 5.91 Å². The predicted octanol–water partition coefficient (Wildman–Crippen LogP) is 4.14. The molecule has 0 spiro atoms. The maximum Gasteiger partial charge on any atom is 0.220 e. The first-order chi connectivity index (χ1) is 13.2. The largest absolute Gasteiger partial charge is 0.497 e. The van der Waals surface area contributed by atoms with Crippen molar-refractivity contribution in [1.29, 1.82) is 0 Å². The van der Waals surface area contributed by atoms with Crippen molar-refractivity contribution in [2.24, 2.45) is 0 Å². The number of amides is 1. The Morgan fingerprint density at radius 3 is 2.33 bits per heavy atom. The van der Waals surface area contributed by atoms with E-state index in [1.807, 2.05) is 30.3 Å². The van der Waals surface area contributed by atoms with Gasteiger partial charge in [0.25, 0.3) is 0 Å². The van der Waals surface area contributed by atoms with Crippen molar-refractivity contribution in [3.63, 3.8) is 0 Å². The molecule has 144 valence electrons. The topological polar surface area (TPSA) is 41.6 Å². The minimum atomic E-state index is 0.110. The number of hydrogen-bond acceptors (Lipinski definition) is 3. The number of carbonyl (C=O) groups excluding carboxylic acids is 1. The van der Waals surface area contributed by atoms with Crippen molar-refractivity contribution in [3.8, 4) is 5.75 Å². The van der Waals surface area contributed by atoms with Gasteiger partial charge in [-0.1, -0.05) is 49.4 Å². The normalized spacial score (nSPS) is 16.7. The number of nitrogens with one attached hydrogen (secondary N) is 1. The minimum absolute atomic E-state index is 0.110. The van der Waals surface area contributed by atoms with Crippen LogP contribution in [0.2, 0.25) is 0 Å². The molecule has 0 aromatic heterocycles. The van der Waals surface area contributed by atoms with Gasteiger partial charge in [-0.15, -0.1) is 0 Å². The van der Waals surface area contributed by atoms with Gasteiger partial charge < -0.3 is 10.1 Å². The second-order valence-electron chi connectivity index (χ2n) is 7.35. The molecule has 0 aliphatic carbocycles. The lowest BCUT2D eigenvalue weighted by Gasteiger charge is -2.28. The fraction of sp³-hybridized carbons (Fsp3) is 0.435. The Morgan fingerprint density at radius 2 is 1.70 bits per heavy atom. The molecule has 1 N–H and O–H groups in total. The zero-order chi connectivity index (χ0) is 19.1. The Balaban J connectivity index is 1.56. The fourth-order valence-electron chi connectivity index (χ4n) is 3.80. The van der Waals surface area contributed by atoms with Gasteiger partial charge >= 0.3 is 0 Å². The molecule has 0 radical (unpaired) electrons. The molecule has 1 heterocycles. The minimum Gasteiger partial charge on any atom is -0.497 e. The summed E-state index contributed by atoms with van der Waals surface area (Å²) in [5, 5.41) is 3.18. The summed E-state index contributed by atoms with van der Waals surface area (Å²) in [5.74, 6) is 1.13. The Labute approximate surface area is 162 Å². The summed E-state index contributed by atoms with van der Waals surface area (Å²) in [7, 11) is 1.66. The maximum atomic E-state index is 12.5. The van der Waals surface area contributed by atoms with Crippen LogP contribution in [0.15, 0.2) is 54.6 Å². The second kappa shape index (κ2) is 9.56. The van der Waals surface area contributed by atoms with Crippen molar-refractivity contribution in [3.05, 3.63) is 65.7 Å². The molecule has 0 saturated carbocycles. The first kappa shape index (κ1) is 19.4. The summed E-state index contributed by atoms with van der Waals surface area (Å²) in [5.41, 5.74) is 2.44. The molecule has 1 saturated heterocycles. The van der Waals surface area contributed by atoms with Gasteiger partial charge in [-0.25, -0.2) is 0 Å². The molecule has 1 amide bonds. The Kier molecular flexibility index (Phi) is 6.88. The summed E-state index contributed by atoms with van der Waals surface area (Å²) in [6.45, 7) is 4.98. The van der Waals surface area contributed by atoms with Crippen LogP contribution in [0.3, 0.4) is 0 Å². The van der Waals surface area contributed by atoms with E-state index in [2.05, 4.69) is 41.4 Å². The summed E-state index contributed by atoms with van der Waals surface area (Å²) >= 11 is 0. The van der Waals surface area contributed by atoms with E-state index in [9.17, 15) is 4.79 Å². The molecule has 4 heteroatoms. The van der Waals surface area contributed by atoms with E-state index >= 15 is 0 Å². The number of nitrogens with zero attached hydrogens (tertiary/aromatic N) is 1. The SMILES string of the molecule is COc1ccc(C(C)CC(=O)NCC(c2ccccc2)N2CCCC2)cc1. The third-order valence-electron chi connectivity index (χ3n) is 5.43. The van der Waals surface area contributed by atoms with Gasteiger partial charge in [0, 0.05) is 13.0 Å². The van der Waals surface area contributed by atoms with E-state index in [1.54, 1.807) is 7.11 Å². The molecule has 2 unspecified atom stereocenters. The van der Waals surface area contributed by atoms with E-state index in [0.29, 0.717) is 13.0 Å². The first-order valence-corrected chi connectivity index (χ1v) is 9.87. The second-order valence-corrected chi connectivity index (χ2v) is 7.35. The summed E-state index contributed by atoms with van der Waals surface area (Å²) in [6, 6.07) is 18.7. The molecule has 4 nitrogen and oxygen atoms in total. The molecule has 1 fully saturated rings. The summed E-state index contributed by atoms with van der Waals surface area (Å²) in [4.78, 5) is 15.0. The van der Waals surface area contributed by atoms with Gasteiger partial charge in [0.05, 0.1) is 13.2 Å². The van der Waals surface area contributed by atoms with Crippen molar-refractivity contribution >= 4 is 5.91 Å². The highest BCUT2D eigenvalue weighted by molar-refractivity contribution is 5.76. The fourth-order valence-corrected chi connectivity index (χ4v) is 3.80. The van der Waals surface area contributed by atoms with Crippen LogP contribution in [-0.2, 0) is 4.79 Å². The van der Waals surface area contributed by atoms with E-state index in [0.717, 1.165) is 24.4 Å². The Hall–Kier alpha value is -2.33. The Bertz CT molecular complexity index is 709. The van der Waals surface area contributed by atoms with Crippen LogP contribution in [0, 0.1) is 0 Å². The number of rotatable bonds is 8. The smallest absolute Gasteiger partial charge is 0.220 e. The van der Waals surface area contributed by atoms with Crippen LogP contribution >= 0.6 is 0 Å². The van der Waals surface area contributed by atoms with E-state index < -0.39 is 0 Å². The van der Waals surface area contributed by atoms with Crippen molar-refractivity contribution < 1.29 is 9.53 Å². The van der Waals surface area contributed by atoms with E-state index in [-0.39, 0.29) is 17.9 Å². The molecule has 2 aromatic rings. The lowest BCUT2D eigenvalue weighted by molar-refractivity contribution is -0.121. The zero-order valence-corrected chi connectivity index (χ0v) is 16.4. The predicted molar refractivity (Wildman–Crippen MR) is 109 cm³/mol. The average Bonchev–Trinajstić information content (AvgIpc) is 3.23. The molecule has 27 heavy (non-hydrogen) atoms. The van der Waals surface area contributed by atoms with Gasteiger partial charge in [0.15, 0.2) is 0 Å². The van der Waals surface area contributed by atoms with Crippen molar-refractivity contribution in [2.75, 3.05) is 26.7 Å². The standard InChI is InChI=1S/C23H30N2O2/c1-18(19-10-12-21(27-2)13-11-19)16-23(26)24-17-22(25-14-6-7-15-25)20-8-4-3-5-9-20/h3-5,8-13,18,22H,6-7,14-17H2,1-2H3,(H,24,26). The van der Waals surface area contributed by atoms with Crippen LogP contribution in [0.5, 0.6) is 5.75 Å². The van der Waals surface area contributed by atoms with Crippen LogP contribution in [0.25, 0.3) is 0 Å². The highest BCUT2D eigenvalue weighted by Crippen LogP contribution is 2.25. The van der Waals surface area contributed by atoms with Gasteiger partial charge in [-0.2, -0.15) is 0 Å². The molecule has 1 aliphatic rings. The van der Waals surface area contributed by atoms with Crippen LogP contribution < -0.4 is 10.1 Å². The maximum absolute atomic E-state index is 12.5. The lowest BCUT2D eigenvalue weighted by atomic mass is 9.97. The number of hydrogen-bond donors (Lipinski definition) is 1. The molecular formula is C23H30N2O2. The van der Waals surface area contributed by atoms with Gasteiger partial charge in [0.1, 0.15) is 5.75 Å². The number of benzene rings is 2. The third-order valence-corrected chi connectivity index (χ3v) is 5.43. The van der Waals surface area contributed by atoms with Gasteiger partial charge in [-0.05, 0) is 55.1 Å². The molecule has 3 rings (SSSR count). The molecular weight excluding hydrogens is 336 g/mol. The first-order valence-electron chi connectivity index (χ1n) is 9.87. The van der Waals surface area contributed by atoms with Crippen LogP contribution in [0.4, 0.5) is 0 Å². The van der Waals surface area contributed by atoms with Crippen LogP contribution in [0.1, 0.15) is 49.3 Å². The van der Waals surface area contributed by atoms with Crippen LogP contribution in [-0.4, -0.2) is 37.6 Å². The number of carbonyl (C=O) groups is 1. The van der Waals surface area contributed by atoms with Crippen molar-refractivity contribution in [2.45, 2.75) is 38.1 Å². The number of methoxy groups -OCH3 is 1. The van der Waals surface area contributed by atoms with E-state index in [1.165, 1.54) is 18.4 Å². The number of likely N-dealkylation sites (tertiary alicyclic amines) is 1. The quantitative estimate of drug-likeness (QED) is 0.763. The summed E-state index contributed by atoms with van der Waals surface area (Å²) in [6.07, 6.45) is 2.98. The Morgan fingerprint density at radius 1 is 1.04 bits per heavy atom. The van der Waals surface area contributed by atoms with Gasteiger partial charge in [-0.3, -0.25) is 9.69 Å². The molecule has 1 aliphatic heterocycles. The van der Waals surface area contributed by atoms with Crippen molar-refractivity contribution in [1.82, 2.24) is 10.2 Å². The summed E-state index contributed by atoms with van der Waals surface area (Å²) < 4.78 is 5.20. The average molecular weight is 367 g/mol. The van der Waals surface area contributed by atoms with E-state index in [4.69, 9.17) is 4.74 Å². The highest BCUT2D eigenvalue weighted by atomic mass is 16.5. The monoisotopic (exact) mass is 366 g/mol. The molecule has 2 atom stereocenters. The molecule has 0 bridgehead atoms. The lowest BCUT2D eigenvalue weighted by Crippen LogP contribution is -2.37. The molecule has 2 aromatic carbocycles.